The van der Waals surface area contributed by atoms with Crippen molar-refractivity contribution < 1.29 is 24.2 Å². The van der Waals surface area contributed by atoms with E-state index in [1.165, 1.54) is 4.90 Å². The van der Waals surface area contributed by atoms with Gasteiger partial charge in [0.25, 0.3) is 0 Å². The Labute approximate surface area is 99.5 Å². The highest BCUT2D eigenvalue weighted by Crippen LogP contribution is 2.19. The number of likely N-dealkylation sites (tertiary alicyclic amines) is 1. The van der Waals surface area contributed by atoms with Gasteiger partial charge in [0, 0.05) is 13.0 Å². The summed E-state index contributed by atoms with van der Waals surface area (Å²) in [6.45, 7) is 2.50. The van der Waals surface area contributed by atoms with Gasteiger partial charge in [-0.2, -0.15) is 0 Å². The van der Waals surface area contributed by atoms with Crippen molar-refractivity contribution in [3.05, 3.63) is 0 Å². The Kier molecular flexibility index (Phi) is 4.93. The Morgan fingerprint density at radius 1 is 1.35 bits per heavy atom. The summed E-state index contributed by atoms with van der Waals surface area (Å²) in [5.41, 5.74) is 0. The molecule has 0 aromatic carbocycles. The van der Waals surface area contributed by atoms with Gasteiger partial charge in [0.1, 0.15) is 6.04 Å². The highest BCUT2D eigenvalue weighted by Gasteiger charge is 2.34. The van der Waals surface area contributed by atoms with Crippen LogP contribution < -0.4 is 0 Å². The summed E-state index contributed by atoms with van der Waals surface area (Å²) in [6, 6.07) is -0.531. The summed E-state index contributed by atoms with van der Waals surface area (Å²) in [5.74, 6) is -1.69. The first-order valence-electron chi connectivity index (χ1n) is 5.74. The minimum absolute atomic E-state index is 0.0642. The zero-order valence-corrected chi connectivity index (χ0v) is 9.85. The van der Waals surface area contributed by atoms with E-state index in [0.717, 1.165) is 6.42 Å². The molecule has 0 radical (unpaired) electrons. The zero-order valence-electron chi connectivity index (χ0n) is 9.85. The highest BCUT2D eigenvalue weighted by molar-refractivity contribution is 5.86. The van der Waals surface area contributed by atoms with Gasteiger partial charge in [-0.05, 0) is 19.8 Å². The summed E-state index contributed by atoms with van der Waals surface area (Å²) in [4.78, 5) is 35.1. The smallest absolute Gasteiger partial charge is 0.328 e. The lowest BCUT2D eigenvalue weighted by Crippen LogP contribution is -2.41. The van der Waals surface area contributed by atoms with Crippen LogP contribution in [0.15, 0.2) is 0 Å². The molecule has 1 aliphatic heterocycles. The van der Waals surface area contributed by atoms with Crippen LogP contribution in [0.3, 0.4) is 0 Å². The SMILES string of the molecule is CCOC(=O)C1CCCN1C(=O)CCC(=O)O. The largest absolute Gasteiger partial charge is 0.481 e. The van der Waals surface area contributed by atoms with E-state index in [0.29, 0.717) is 13.0 Å². The Hall–Kier alpha value is -1.59. The van der Waals surface area contributed by atoms with Crippen molar-refractivity contribution in [2.24, 2.45) is 0 Å². The number of carboxylic acid groups (broad SMARTS) is 1. The molecule has 1 fully saturated rings. The molecule has 0 aromatic rings. The van der Waals surface area contributed by atoms with Crippen molar-refractivity contribution in [3.8, 4) is 0 Å². The molecule has 1 saturated heterocycles. The summed E-state index contributed by atoms with van der Waals surface area (Å²) < 4.78 is 4.88. The van der Waals surface area contributed by atoms with Gasteiger partial charge in [-0.15, -0.1) is 0 Å². The fraction of sp³-hybridized carbons (Fsp3) is 0.727. The first-order chi connectivity index (χ1) is 8.06. The van der Waals surface area contributed by atoms with Crippen molar-refractivity contribution in [1.82, 2.24) is 4.90 Å². The number of ether oxygens (including phenoxy) is 1. The predicted octanol–water partition coefficient (Wildman–Crippen LogP) is 0.405. The minimum atomic E-state index is -1.01. The highest BCUT2D eigenvalue weighted by atomic mass is 16.5. The summed E-state index contributed by atoms with van der Waals surface area (Å²) in [5, 5.41) is 8.50. The standard InChI is InChI=1S/C11H17NO5/c1-2-17-11(16)8-4-3-7-12(8)9(13)5-6-10(14)15/h8H,2-7H2,1H3,(H,14,15). The lowest BCUT2D eigenvalue weighted by Gasteiger charge is -2.22. The van der Waals surface area contributed by atoms with Gasteiger partial charge in [-0.3, -0.25) is 9.59 Å². The third kappa shape index (κ3) is 3.72. The van der Waals surface area contributed by atoms with Crippen molar-refractivity contribution in [2.45, 2.75) is 38.6 Å². The molecule has 1 N–H and O–H groups in total. The van der Waals surface area contributed by atoms with E-state index in [1.54, 1.807) is 6.92 Å². The van der Waals surface area contributed by atoms with Gasteiger partial charge in [-0.25, -0.2) is 4.79 Å². The summed E-state index contributed by atoms with van der Waals surface area (Å²) in [7, 11) is 0. The van der Waals surface area contributed by atoms with Crippen LogP contribution in [0.4, 0.5) is 0 Å². The number of aliphatic carboxylic acids is 1. The van der Waals surface area contributed by atoms with E-state index in [9.17, 15) is 14.4 Å². The fourth-order valence-corrected chi connectivity index (χ4v) is 1.91. The monoisotopic (exact) mass is 243 g/mol. The van der Waals surface area contributed by atoms with Gasteiger partial charge in [0.2, 0.25) is 5.91 Å². The van der Waals surface area contributed by atoms with E-state index >= 15 is 0 Å². The Balaban J connectivity index is 2.53. The third-order valence-corrected chi connectivity index (χ3v) is 2.68. The van der Waals surface area contributed by atoms with Crippen molar-refractivity contribution in [1.29, 1.82) is 0 Å². The minimum Gasteiger partial charge on any atom is -0.481 e. The van der Waals surface area contributed by atoms with Crippen LogP contribution in [0.25, 0.3) is 0 Å². The zero-order chi connectivity index (χ0) is 12.8. The van der Waals surface area contributed by atoms with Crippen LogP contribution in [0.5, 0.6) is 0 Å². The van der Waals surface area contributed by atoms with Crippen molar-refractivity contribution in [3.63, 3.8) is 0 Å². The number of carbonyl (C=O) groups excluding carboxylic acids is 2. The van der Waals surface area contributed by atoms with Crippen LogP contribution >= 0.6 is 0 Å². The molecule has 0 aliphatic carbocycles. The lowest BCUT2D eigenvalue weighted by molar-refractivity contribution is -0.153. The van der Waals surface area contributed by atoms with Crippen LogP contribution in [0.2, 0.25) is 0 Å². The van der Waals surface area contributed by atoms with Crippen molar-refractivity contribution >= 4 is 17.8 Å². The van der Waals surface area contributed by atoms with Gasteiger partial charge >= 0.3 is 11.9 Å². The molecule has 0 aromatic heterocycles. The third-order valence-electron chi connectivity index (χ3n) is 2.68. The summed E-state index contributed by atoms with van der Waals surface area (Å²) in [6.07, 6.45) is 1.08. The molecule has 1 unspecified atom stereocenters. The number of esters is 1. The van der Waals surface area contributed by atoms with Crippen LogP contribution in [0.1, 0.15) is 32.6 Å². The van der Waals surface area contributed by atoms with Crippen LogP contribution in [-0.2, 0) is 19.1 Å². The molecule has 6 heteroatoms. The van der Waals surface area contributed by atoms with E-state index in [4.69, 9.17) is 9.84 Å². The van der Waals surface area contributed by atoms with Crippen LogP contribution in [0, 0.1) is 0 Å². The molecule has 17 heavy (non-hydrogen) atoms. The number of carbonyl (C=O) groups is 3. The second-order valence-corrected chi connectivity index (χ2v) is 3.89. The average molecular weight is 243 g/mol. The molecule has 0 saturated carbocycles. The van der Waals surface area contributed by atoms with Crippen molar-refractivity contribution in [2.75, 3.05) is 13.2 Å². The maximum atomic E-state index is 11.7. The van der Waals surface area contributed by atoms with Gasteiger partial charge < -0.3 is 14.7 Å². The average Bonchev–Trinajstić information content (AvgIpc) is 2.75. The summed E-state index contributed by atoms with van der Waals surface area (Å²) >= 11 is 0. The molecule has 1 rings (SSSR count). The predicted molar refractivity (Wildman–Crippen MR) is 58.2 cm³/mol. The molecule has 96 valence electrons. The van der Waals surface area contributed by atoms with E-state index in [-0.39, 0.29) is 25.4 Å². The topological polar surface area (TPSA) is 83.9 Å². The number of hydrogen-bond acceptors (Lipinski definition) is 4. The molecule has 1 amide bonds. The fourth-order valence-electron chi connectivity index (χ4n) is 1.91. The normalized spacial score (nSPS) is 19.1. The Bertz CT molecular complexity index is 315. The van der Waals surface area contributed by atoms with Gasteiger partial charge in [0.05, 0.1) is 13.0 Å². The van der Waals surface area contributed by atoms with E-state index in [2.05, 4.69) is 0 Å². The molecule has 6 nitrogen and oxygen atoms in total. The molecule has 1 atom stereocenters. The number of amides is 1. The molecular weight excluding hydrogens is 226 g/mol. The maximum Gasteiger partial charge on any atom is 0.328 e. The number of carboxylic acids is 1. The second-order valence-electron chi connectivity index (χ2n) is 3.89. The van der Waals surface area contributed by atoms with Gasteiger partial charge in [0.15, 0.2) is 0 Å². The maximum absolute atomic E-state index is 11.7. The first-order valence-corrected chi connectivity index (χ1v) is 5.74. The second kappa shape index (κ2) is 6.22. The Morgan fingerprint density at radius 2 is 2.06 bits per heavy atom. The first kappa shape index (κ1) is 13.5. The molecule has 1 aliphatic rings. The number of hydrogen-bond donors (Lipinski definition) is 1. The van der Waals surface area contributed by atoms with E-state index < -0.39 is 18.0 Å². The molecule has 1 heterocycles. The molecule has 0 spiro atoms. The van der Waals surface area contributed by atoms with E-state index in [1.807, 2.05) is 0 Å². The quantitative estimate of drug-likeness (QED) is 0.707. The number of nitrogens with zero attached hydrogens (tertiary/aromatic N) is 1. The molecule has 0 bridgehead atoms. The van der Waals surface area contributed by atoms with Crippen LogP contribution in [-0.4, -0.2) is 47.0 Å². The van der Waals surface area contributed by atoms with Gasteiger partial charge in [-0.1, -0.05) is 0 Å². The molecular formula is C11H17NO5. The number of rotatable bonds is 5. The Morgan fingerprint density at radius 3 is 2.65 bits per heavy atom. The lowest BCUT2D eigenvalue weighted by atomic mass is 10.2.